The fourth-order valence-electron chi connectivity index (χ4n) is 3.69. The molecule has 0 saturated carbocycles. The molecule has 4 aromatic rings. The molecule has 0 aliphatic carbocycles. The van der Waals surface area contributed by atoms with E-state index in [9.17, 15) is 20.2 Å². The van der Waals surface area contributed by atoms with Gasteiger partial charge in [-0.2, -0.15) is 5.26 Å². The van der Waals surface area contributed by atoms with Gasteiger partial charge in [0.2, 0.25) is 0 Å². The number of aryl methyl sites for hydroxylation is 1. The highest BCUT2D eigenvalue weighted by Gasteiger charge is 2.15. The van der Waals surface area contributed by atoms with Crippen molar-refractivity contribution in [3.63, 3.8) is 0 Å². The van der Waals surface area contributed by atoms with Crippen molar-refractivity contribution in [1.82, 2.24) is 0 Å². The predicted octanol–water partition coefficient (Wildman–Crippen LogP) is 6.94. The summed E-state index contributed by atoms with van der Waals surface area (Å²) in [6.45, 7) is 2.01. The van der Waals surface area contributed by atoms with Crippen LogP contribution in [0.1, 0.15) is 16.7 Å². The average molecular weight is 542 g/mol. The van der Waals surface area contributed by atoms with E-state index in [0.717, 1.165) is 20.8 Å². The molecule has 8 heteroatoms. The first kappa shape index (κ1) is 24.6. The lowest BCUT2D eigenvalue weighted by Crippen LogP contribution is -2.14. The number of non-ortho nitro benzene ring substituents is 1. The molecule has 4 rings (SSSR count). The number of nitro groups is 1. The van der Waals surface area contributed by atoms with Gasteiger partial charge in [0.05, 0.1) is 10.6 Å². The fraction of sp³-hybridized carbons (Fsp3) is 0.0714. The number of carbonyl (C=O) groups is 1. The number of anilines is 1. The summed E-state index contributed by atoms with van der Waals surface area (Å²) in [6, 6.07) is 25.4. The fourth-order valence-corrected chi connectivity index (χ4v) is 4.07. The number of ether oxygens (including phenoxy) is 1. The number of carbonyl (C=O) groups excluding carboxylic acids is 1. The van der Waals surface area contributed by atoms with Crippen molar-refractivity contribution >= 4 is 50.1 Å². The standard InChI is InChI=1S/C28H20BrN3O4/c1-18-9-11-24(32(34)35)15-26(18)31-28(33)22(16-30)13-21-14-23(29)10-12-27(21)36-17-20-7-4-6-19-5-2-3-8-25(19)20/h2-15H,17H2,1H3,(H,31,33)/b22-13+. The topological polar surface area (TPSA) is 105 Å². The Morgan fingerprint density at radius 2 is 1.89 bits per heavy atom. The van der Waals surface area contributed by atoms with Gasteiger partial charge in [-0.1, -0.05) is 64.5 Å². The van der Waals surface area contributed by atoms with E-state index in [1.165, 1.54) is 24.3 Å². The van der Waals surface area contributed by atoms with Crippen LogP contribution in [0.3, 0.4) is 0 Å². The van der Waals surface area contributed by atoms with Gasteiger partial charge in [-0.3, -0.25) is 14.9 Å². The molecular weight excluding hydrogens is 522 g/mol. The van der Waals surface area contributed by atoms with Crippen LogP contribution in [0.5, 0.6) is 5.75 Å². The molecule has 0 spiro atoms. The summed E-state index contributed by atoms with van der Waals surface area (Å²) in [5, 5.41) is 25.6. The van der Waals surface area contributed by atoms with Crippen LogP contribution in [-0.2, 0) is 11.4 Å². The van der Waals surface area contributed by atoms with Gasteiger partial charge in [0.15, 0.2) is 0 Å². The van der Waals surface area contributed by atoms with Crippen LogP contribution in [0.4, 0.5) is 11.4 Å². The van der Waals surface area contributed by atoms with Gasteiger partial charge in [-0.15, -0.1) is 0 Å². The minimum absolute atomic E-state index is 0.158. The number of nitriles is 1. The normalized spacial score (nSPS) is 11.1. The molecule has 0 unspecified atom stereocenters. The maximum absolute atomic E-state index is 12.9. The molecule has 0 fully saturated rings. The van der Waals surface area contributed by atoms with Crippen LogP contribution < -0.4 is 10.1 Å². The number of halogens is 1. The Bertz CT molecular complexity index is 1550. The van der Waals surface area contributed by atoms with Crippen LogP contribution in [0.2, 0.25) is 0 Å². The molecule has 0 radical (unpaired) electrons. The van der Waals surface area contributed by atoms with Crippen molar-refractivity contribution in [2.45, 2.75) is 13.5 Å². The summed E-state index contributed by atoms with van der Waals surface area (Å²) in [5.41, 5.74) is 2.10. The van der Waals surface area contributed by atoms with Crippen molar-refractivity contribution in [1.29, 1.82) is 5.26 Å². The van der Waals surface area contributed by atoms with Gasteiger partial charge in [-0.25, -0.2) is 0 Å². The first-order valence-corrected chi connectivity index (χ1v) is 11.7. The maximum Gasteiger partial charge on any atom is 0.271 e. The summed E-state index contributed by atoms with van der Waals surface area (Å²) >= 11 is 3.43. The highest BCUT2D eigenvalue weighted by atomic mass is 79.9. The Morgan fingerprint density at radius 3 is 2.67 bits per heavy atom. The highest BCUT2D eigenvalue weighted by molar-refractivity contribution is 9.10. The zero-order valence-electron chi connectivity index (χ0n) is 19.2. The second kappa shape index (κ2) is 10.8. The van der Waals surface area contributed by atoms with E-state index < -0.39 is 10.8 Å². The van der Waals surface area contributed by atoms with Gasteiger partial charge < -0.3 is 10.1 Å². The van der Waals surface area contributed by atoms with E-state index in [0.29, 0.717) is 23.5 Å². The van der Waals surface area contributed by atoms with Gasteiger partial charge in [0.1, 0.15) is 24.0 Å². The third-order valence-electron chi connectivity index (χ3n) is 5.58. The number of rotatable bonds is 7. The van der Waals surface area contributed by atoms with Gasteiger partial charge in [0, 0.05) is 22.2 Å². The summed E-state index contributed by atoms with van der Waals surface area (Å²) in [4.78, 5) is 23.4. The van der Waals surface area contributed by atoms with Crippen LogP contribution >= 0.6 is 15.9 Å². The van der Waals surface area contributed by atoms with Gasteiger partial charge in [-0.05, 0) is 53.1 Å². The quantitative estimate of drug-likeness (QED) is 0.118. The average Bonchev–Trinajstić information content (AvgIpc) is 2.87. The SMILES string of the molecule is Cc1ccc([N+](=O)[O-])cc1NC(=O)/C(C#N)=C/c1cc(Br)ccc1OCc1cccc2ccccc12. The molecule has 0 saturated heterocycles. The van der Waals surface area contributed by atoms with Crippen LogP contribution in [0.25, 0.3) is 16.8 Å². The molecule has 4 aromatic carbocycles. The summed E-state index contributed by atoms with van der Waals surface area (Å²) < 4.78 is 6.86. The predicted molar refractivity (Wildman–Crippen MR) is 142 cm³/mol. The Hall–Kier alpha value is -4.48. The summed E-state index contributed by atoms with van der Waals surface area (Å²) in [6.07, 6.45) is 1.44. The monoisotopic (exact) mass is 541 g/mol. The zero-order valence-corrected chi connectivity index (χ0v) is 20.8. The molecular formula is C28H20BrN3O4. The summed E-state index contributed by atoms with van der Waals surface area (Å²) in [5.74, 6) is -0.181. The molecule has 0 atom stereocenters. The van der Waals surface area contributed by atoms with Crippen LogP contribution in [-0.4, -0.2) is 10.8 Å². The number of hydrogen-bond donors (Lipinski definition) is 1. The molecule has 36 heavy (non-hydrogen) atoms. The van der Waals surface area contributed by atoms with E-state index >= 15 is 0 Å². The summed E-state index contributed by atoms with van der Waals surface area (Å²) in [7, 11) is 0. The largest absolute Gasteiger partial charge is 0.488 e. The third-order valence-corrected chi connectivity index (χ3v) is 6.07. The Kier molecular flexibility index (Phi) is 7.42. The number of nitrogens with one attached hydrogen (secondary N) is 1. The van der Waals surface area contributed by atoms with Crippen molar-refractivity contribution in [3.05, 3.63) is 116 Å². The highest BCUT2D eigenvalue weighted by Crippen LogP contribution is 2.28. The molecule has 1 amide bonds. The van der Waals surface area contributed by atoms with Gasteiger partial charge in [0.25, 0.3) is 11.6 Å². The first-order chi connectivity index (χ1) is 17.4. The van der Waals surface area contributed by atoms with Gasteiger partial charge >= 0.3 is 0 Å². The minimum Gasteiger partial charge on any atom is -0.488 e. The van der Waals surface area contributed by atoms with E-state index in [2.05, 4.69) is 21.2 Å². The van der Waals surface area contributed by atoms with Crippen molar-refractivity contribution in [2.24, 2.45) is 0 Å². The third kappa shape index (κ3) is 5.59. The first-order valence-electron chi connectivity index (χ1n) is 10.9. The molecule has 0 bridgehead atoms. The molecule has 178 valence electrons. The van der Waals surface area contributed by atoms with Crippen molar-refractivity contribution in [3.8, 4) is 11.8 Å². The number of nitrogens with zero attached hydrogens (tertiary/aromatic N) is 2. The molecule has 0 aliphatic heterocycles. The lowest BCUT2D eigenvalue weighted by Gasteiger charge is -2.12. The van der Waals surface area contributed by atoms with E-state index in [4.69, 9.17) is 4.74 Å². The minimum atomic E-state index is -0.680. The van der Waals surface area contributed by atoms with Crippen LogP contribution in [0, 0.1) is 28.4 Å². The molecule has 0 heterocycles. The Labute approximate surface area is 215 Å². The lowest BCUT2D eigenvalue weighted by atomic mass is 10.1. The number of hydrogen-bond acceptors (Lipinski definition) is 5. The Morgan fingerprint density at radius 1 is 1.11 bits per heavy atom. The second-order valence-electron chi connectivity index (χ2n) is 7.99. The molecule has 0 aromatic heterocycles. The van der Waals surface area contributed by atoms with E-state index in [-0.39, 0.29) is 16.9 Å². The number of fused-ring (bicyclic) bond motifs is 1. The maximum atomic E-state index is 12.9. The molecule has 0 aliphatic rings. The van der Waals surface area contributed by atoms with E-state index in [1.54, 1.807) is 19.1 Å². The van der Waals surface area contributed by atoms with Crippen molar-refractivity contribution < 1.29 is 14.5 Å². The van der Waals surface area contributed by atoms with Crippen LogP contribution in [0.15, 0.2) is 88.9 Å². The zero-order chi connectivity index (χ0) is 25.7. The number of benzene rings is 4. The number of amides is 1. The lowest BCUT2D eigenvalue weighted by molar-refractivity contribution is -0.384. The number of nitro benzene ring substituents is 1. The molecule has 1 N–H and O–H groups in total. The van der Waals surface area contributed by atoms with E-state index in [1.807, 2.05) is 54.6 Å². The molecule has 7 nitrogen and oxygen atoms in total. The Balaban J connectivity index is 1.61. The smallest absolute Gasteiger partial charge is 0.271 e. The second-order valence-corrected chi connectivity index (χ2v) is 8.91. The van der Waals surface area contributed by atoms with Crippen molar-refractivity contribution in [2.75, 3.05) is 5.32 Å².